The van der Waals surface area contributed by atoms with Gasteiger partial charge in [0.2, 0.25) is 0 Å². The third-order valence-electron chi connectivity index (χ3n) is 7.86. The van der Waals surface area contributed by atoms with Crippen LogP contribution in [0.4, 0.5) is 0 Å². The summed E-state index contributed by atoms with van der Waals surface area (Å²) in [5.74, 6) is 0. The van der Waals surface area contributed by atoms with E-state index in [-0.39, 0.29) is 0 Å². The lowest BCUT2D eigenvalue weighted by atomic mass is 9.80. The number of benzene rings is 9. The monoisotopic (exact) mass is 400 g/mol. The predicted octanol–water partition coefficient (Wildman–Crippen LogP) is 9.23. The van der Waals surface area contributed by atoms with Crippen LogP contribution in [-0.4, -0.2) is 0 Å². The highest BCUT2D eigenvalue weighted by Gasteiger charge is 2.23. The van der Waals surface area contributed by atoms with Crippen molar-refractivity contribution in [1.82, 2.24) is 0 Å². The summed E-state index contributed by atoms with van der Waals surface area (Å²) in [5.41, 5.74) is 0. The van der Waals surface area contributed by atoms with Crippen LogP contribution in [0, 0.1) is 0 Å². The van der Waals surface area contributed by atoms with Crippen molar-refractivity contribution < 1.29 is 0 Å². The Labute approximate surface area is 183 Å². The van der Waals surface area contributed by atoms with Crippen molar-refractivity contribution in [2.75, 3.05) is 0 Å². The Morgan fingerprint density at radius 1 is 0.250 bits per heavy atom. The van der Waals surface area contributed by atoms with Gasteiger partial charge in [0.25, 0.3) is 0 Å². The van der Waals surface area contributed by atoms with Gasteiger partial charge in [0.15, 0.2) is 0 Å². The van der Waals surface area contributed by atoms with Crippen molar-refractivity contribution in [3.05, 3.63) is 97.1 Å². The van der Waals surface area contributed by atoms with Gasteiger partial charge in [-0.1, -0.05) is 91.0 Å². The highest BCUT2D eigenvalue weighted by molar-refractivity contribution is 6.50. The zero-order valence-corrected chi connectivity index (χ0v) is 17.2. The van der Waals surface area contributed by atoms with E-state index in [1.807, 2.05) is 0 Å². The quantitative estimate of drug-likeness (QED) is 0.176. The Morgan fingerprint density at radius 3 is 1.53 bits per heavy atom. The zero-order chi connectivity index (χ0) is 20.6. The fourth-order valence-corrected chi connectivity index (χ4v) is 6.71. The van der Waals surface area contributed by atoms with Crippen LogP contribution in [0.2, 0.25) is 0 Å². The molecule has 0 atom stereocenters. The second kappa shape index (κ2) is 5.00. The van der Waals surface area contributed by atoms with Crippen LogP contribution in [0.3, 0.4) is 0 Å². The first kappa shape index (κ1) is 15.6. The molecule has 0 aliphatic carbocycles. The van der Waals surface area contributed by atoms with E-state index in [2.05, 4.69) is 97.1 Å². The molecule has 0 saturated heterocycles. The number of hydrogen-bond donors (Lipinski definition) is 0. The Kier molecular flexibility index (Phi) is 2.44. The van der Waals surface area contributed by atoms with Gasteiger partial charge in [0, 0.05) is 0 Å². The second-order valence-corrected chi connectivity index (χ2v) is 9.24. The smallest absolute Gasteiger partial charge is 0.000116 e. The molecule has 0 unspecified atom stereocenters. The Morgan fingerprint density at radius 2 is 0.750 bits per heavy atom. The average molecular weight is 400 g/mol. The maximum Gasteiger partial charge on any atom is -0.000116 e. The third-order valence-corrected chi connectivity index (χ3v) is 7.86. The molecule has 0 aromatic heterocycles. The van der Waals surface area contributed by atoms with Crippen molar-refractivity contribution in [3.63, 3.8) is 0 Å². The molecule has 0 N–H and O–H groups in total. The van der Waals surface area contributed by atoms with E-state index < -0.39 is 0 Å². The molecule has 0 saturated carbocycles. The topological polar surface area (TPSA) is 0 Å². The van der Waals surface area contributed by atoms with E-state index in [1.165, 1.54) is 86.2 Å². The van der Waals surface area contributed by atoms with Crippen molar-refractivity contribution in [2.24, 2.45) is 0 Å². The van der Waals surface area contributed by atoms with Crippen LogP contribution < -0.4 is 0 Å². The molecular formula is C32H16. The van der Waals surface area contributed by atoms with Crippen LogP contribution in [-0.2, 0) is 0 Å². The van der Waals surface area contributed by atoms with E-state index in [9.17, 15) is 0 Å². The number of hydrogen-bond acceptors (Lipinski definition) is 0. The van der Waals surface area contributed by atoms with Crippen LogP contribution in [0.1, 0.15) is 0 Å². The molecule has 0 amide bonds. The maximum atomic E-state index is 2.44. The maximum absolute atomic E-state index is 2.44. The van der Waals surface area contributed by atoms with Gasteiger partial charge in [0.05, 0.1) is 0 Å². The van der Waals surface area contributed by atoms with Crippen molar-refractivity contribution in [3.8, 4) is 0 Å². The molecule has 0 fully saturated rings. The van der Waals surface area contributed by atoms with E-state index in [0.717, 1.165) is 0 Å². The van der Waals surface area contributed by atoms with Crippen LogP contribution in [0.25, 0.3) is 86.2 Å². The average Bonchev–Trinajstić information content (AvgIpc) is 2.86. The lowest BCUT2D eigenvalue weighted by Gasteiger charge is -2.23. The van der Waals surface area contributed by atoms with Crippen LogP contribution in [0.15, 0.2) is 97.1 Å². The SMILES string of the molecule is c1ccc2c(c1)c1cccc3c4ccc5cccc6c7cccc8cc2c(c13)c(c87)c4c56. The summed E-state index contributed by atoms with van der Waals surface area (Å²) >= 11 is 0. The van der Waals surface area contributed by atoms with E-state index in [0.29, 0.717) is 0 Å². The molecule has 0 spiro atoms. The van der Waals surface area contributed by atoms with E-state index in [1.54, 1.807) is 0 Å². The molecule has 9 aromatic rings. The van der Waals surface area contributed by atoms with Crippen molar-refractivity contribution in [1.29, 1.82) is 0 Å². The normalized spacial score (nSPS) is 13.0. The number of rotatable bonds is 0. The first-order chi connectivity index (χ1) is 15.9. The van der Waals surface area contributed by atoms with Gasteiger partial charge in [-0.25, -0.2) is 0 Å². The highest BCUT2D eigenvalue weighted by Crippen LogP contribution is 2.52. The fraction of sp³-hybridized carbons (Fsp3) is 0. The summed E-state index contributed by atoms with van der Waals surface area (Å²) in [5, 5.41) is 22.2. The first-order valence-electron chi connectivity index (χ1n) is 11.3. The van der Waals surface area contributed by atoms with Crippen LogP contribution >= 0.6 is 0 Å². The lowest BCUT2D eigenvalue weighted by Crippen LogP contribution is -1.94. The van der Waals surface area contributed by atoms with Gasteiger partial charge < -0.3 is 0 Å². The predicted molar refractivity (Wildman–Crippen MR) is 140 cm³/mol. The third kappa shape index (κ3) is 1.54. The summed E-state index contributed by atoms with van der Waals surface area (Å²) in [7, 11) is 0. The molecular weight excluding hydrogens is 384 g/mol. The Balaban J connectivity index is 1.85. The van der Waals surface area contributed by atoms with Gasteiger partial charge in [-0.2, -0.15) is 0 Å². The molecule has 0 radical (unpaired) electrons. The van der Waals surface area contributed by atoms with E-state index in [4.69, 9.17) is 0 Å². The molecule has 32 heavy (non-hydrogen) atoms. The molecule has 0 heterocycles. The minimum atomic E-state index is 1.33. The summed E-state index contributed by atoms with van der Waals surface area (Å²) in [4.78, 5) is 0. The summed E-state index contributed by atoms with van der Waals surface area (Å²) in [6.45, 7) is 0. The molecule has 0 heteroatoms. The number of fused-ring (bicyclic) bond motifs is 5. The Bertz CT molecular complexity index is 2180. The largest absolute Gasteiger partial charge is 0.0616 e. The van der Waals surface area contributed by atoms with Gasteiger partial charge in [-0.15, -0.1) is 0 Å². The first-order valence-corrected chi connectivity index (χ1v) is 11.3. The molecule has 0 aliphatic heterocycles. The van der Waals surface area contributed by atoms with Gasteiger partial charge in [-0.05, 0) is 92.2 Å². The molecule has 0 bridgehead atoms. The molecule has 144 valence electrons. The van der Waals surface area contributed by atoms with Crippen LogP contribution in [0.5, 0.6) is 0 Å². The van der Waals surface area contributed by atoms with Gasteiger partial charge in [0.1, 0.15) is 0 Å². The van der Waals surface area contributed by atoms with Crippen molar-refractivity contribution in [2.45, 2.75) is 0 Å². The summed E-state index contributed by atoms with van der Waals surface area (Å²) in [6, 6.07) is 36.5. The van der Waals surface area contributed by atoms with E-state index >= 15 is 0 Å². The minimum absolute atomic E-state index is 1.33. The molecule has 0 nitrogen and oxygen atoms in total. The highest BCUT2D eigenvalue weighted by atomic mass is 14.3. The fourth-order valence-electron chi connectivity index (χ4n) is 6.71. The van der Waals surface area contributed by atoms with Gasteiger partial charge >= 0.3 is 0 Å². The molecule has 9 rings (SSSR count). The van der Waals surface area contributed by atoms with Crippen molar-refractivity contribution >= 4 is 86.2 Å². The molecule has 9 aromatic carbocycles. The summed E-state index contributed by atoms with van der Waals surface area (Å²) in [6.07, 6.45) is 0. The lowest BCUT2D eigenvalue weighted by molar-refractivity contribution is 1.80. The zero-order valence-electron chi connectivity index (χ0n) is 17.2. The summed E-state index contributed by atoms with van der Waals surface area (Å²) < 4.78 is 0. The standard InChI is InChI=1S/C32H16/c1-2-9-20-19(8-1)21-12-5-13-24-25-15-14-17-6-3-10-22-23-11-4-7-18-16-26(20)31(29(21)24)32(28(18)23)30(25)27(17)22/h1-16H. The Hall–Kier alpha value is -4.16. The minimum Gasteiger partial charge on any atom is -0.0616 e. The van der Waals surface area contributed by atoms with Gasteiger partial charge in [-0.3, -0.25) is 0 Å². The second-order valence-electron chi connectivity index (χ2n) is 9.24. The molecule has 0 aliphatic rings.